The van der Waals surface area contributed by atoms with Crippen LogP contribution < -0.4 is 15.8 Å². The van der Waals surface area contributed by atoms with Gasteiger partial charge in [0.25, 0.3) is 0 Å². The van der Waals surface area contributed by atoms with E-state index in [1.807, 2.05) is 24.3 Å². The Morgan fingerprint density at radius 1 is 1.03 bits per heavy atom. The van der Waals surface area contributed by atoms with E-state index < -0.39 is 23.0 Å². The number of halogens is 4. The summed E-state index contributed by atoms with van der Waals surface area (Å²) < 4.78 is 65.1. The molecule has 188 valence electrons. The molecule has 1 heterocycles. The molecule has 1 saturated heterocycles. The number of nitrogens with one attached hydrogen (secondary N) is 1. The minimum Gasteiger partial charge on any atom is -0.489 e. The lowest BCUT2D eigenvalue weighted by Gasteiger charge is -2.54. The average molecular weight is 485 g/mol. The van der Waals surface area contributed by atoms with Gasteiger partial charge in [0, 0.05) is 43.6 Å². The summed E-state index contributed by atoms with van der Waals surface area (Å²) in [7, 11) is 0. The van der Waals surface area contributed by atoms with Gasteiger partial charge in [-0.05, 0) is 61.6 Å². The Labute approximate surface area is 197 Å². The topological polar surface area (TPSA) is 73.6 Å². The molecule has 2 bridgehead atoms. The quantitative estimate of drug-likeness (QED) is 0.551. The second-order valence-corrected chi connectivity index (χ2v) is 9.99. The van der Waals surface area contributed by atoms with Crippen molar-refractivity contribution in [1.29, 1.82) is 0 Å². The smallest absolute Gasteiger partial charge is 0.411 e. The van der Waals surface area contributed by atoms with Gasteiger partial charge in [0.1, 0.15) is 17.9 Å². The molecule has 1 amide bonds. The molecular weight excluding hydrogens is 452 g/mol. The zero-order valence-corrected chi connectivity index (χ0v) is 19.2. The highest BCUT2D eigenvalue weighted by Gasteiger charge is 2.59. The van der Waals surface area contributed by atoms with Crippen LogP contribution in [0.3, 0.4) is 0 Å². The molecule has 3 aliphatic carbocycles. The molecule has 5 rings (SSSR count). The molecule has 34 heavy (non-hydrogen) atoms. The molecule has 9 heteroatoms. The predicted octanol–water partition coefficient (Wildman–Crippen LogP) is 4.70. The number of hydrogen-bond acceptors (Lipinski definition) is 4. The molecule has 3 N–H and O–H groups in total. The van der Waals surface area contributed by atoms with Gasteiger partial charge in [-0.25, -0.2) is 4.39 Å². The van der Waals surface area contributed by atoms with Gasteiger partial charge in [-0.3, -0.25) is 4.79 Å². The number of rotatable bonds is 7. The standard InChI is InChI=1S/C25H32F4N2O3/c26-15-18(16-30)17-34-20-3-1-19(2-4-20)22-5-8-23(9-6-22,10-7-22)21(32)31-24(25(27,28)29)11-13-33-14-12-24/h1-4,15H,5-14,16-17,30H2,(H,31,32). The summed E-state index contributed by atoms with van der Waals surface area (Å²) in [5.74, 6) is 0.155. The number of benzene rings is 1. The van der Waals surface area contributed by atoms with Crippen LogP contribution in [0.25, 0.3) is 0 Å². The van der Waals surface area contributed by atoms with Gasteiger partial charge in [-0.1, -0.05) is 12.1 Å². The van der Waals surface area contributed by atoms with Crippen molar-refractivity contribution < 1.29 is 31.8 Å². The molecular formula is C25H32F4N2O3. The lowest BCUT2D eigenvalue weighted by atomic mass is 9.51. The summed E-state index contributed by atoms with van der Waals surface area (Å²) >= 11 is 0. The van der Waals surface area contributed by atoms with Gasteiger partial charge < -0.3 is 20.5 Å². The predicted molar refractivity (Wildman–Crippen MR) is 119 cm³/mol. The number of hydrogen-bond donors (Lipinski definition) is 2. The van der Waals surface area contributed by atoms with Crippen LogP contribution in [-0.2, 0) is 14.9 Å². The van der Waals surface area contributed by atoms with Gasteiger partial charge in [-0.2, -0.15) is 13.2 Å². The Balaban J connectivity index is 1.41. The summed E-state index contributed by atoms with van der Waals surface area (Å²) in [6.45, 7) is 0.159. The van der Waals surface area contributed by atoms with E-state index in [-0.39, 0.29) is 44.6 Å². The molecule has 0 atom stereocenters. The third kappa shape index (κ3) is 4.56. The van der Waals surface area contributed by atoms with Crippen LogP contribution in [0.1, 0.15) is 56.9 Å². The summed E-state index contributed by atoms with van der Waals surface area (Å²) in [5, 5.41) is 2.45. The molecule has 0 aromatic heterocycles. The first-order chi connectivity index (χ1) is 16.2. The molecule has 4 aliphatic rings. The van der Waals surface area contributed by atoms with E-state index in [1.165, 1.54) is 0 Å². The van der Waals surface area contributed by atoms with E-state index in [4.69, 9.17) is 15.2 Å². The number of alkyl halides is 3. The fourth-order valence-corrected chi connectivity index (χ4v) is 5.72. The van der Waals surface area contributed by atoms with Gasteiger partial charge in [0.15, 0.2) is 0 Å². The number of carbonyl (C=O) groups is 1. The summed E-state index contributed by atoms with van der Waals surface area (Å²) in [4.78, 5) is 13.2. The normalized spacial score (nSPS) is 29.0. The van der Waals surface area contributed by atoms with Crippen molar-refractivity contribution in [2.24, 2.45) is 11.1 Å². The molecule has 0 radical (unpaired) electrons. The van der Waals surface area contributed by atoms with Gasteiger partial charge in [-0.15, -0.1) is 0 Å². The first-order valence-corrected chi connectivity index (χ1v) is 11.9. The summed E-state index contributed by atoms with van der Waals surface area (Å²) in [6, 6.07) is 7.68. The number of nitrogens with two attached hydrogens (primary N) is 1. The highest BCUT2D eigenvalue weighted by Crippen LogP contribution is 2.58. The molecule has 3 saturated carbocycles. The minimum absolute atomic E-state index is 0.00674. The summed E-state index contributed by atoms with van der Waals surface area (Å²) in [5.41, 5.74) is 3.94. The van der Waals surface area contributed by atoms with Crippen molar-refractivity contribution in [2.75, 3.05) is 26.4 Å². The third-order valence-electron chi connectivity index (χ3n) is 8.28. The first-order valence-electron chi connectivity index (χ1n) is 11.9. The molecule has 1 aromatic rings. The van der Waals surface area contributed by atoms with Crippen LogP contribution in [0, 0.1) is 5.41 Å². The Morgan fingerprint density at radius 3 is 2.12 bits per heavy atom. The van der Waals surface area contributed by atoms with E-state index in [0.717, 1.165) is 24.8 Å². The zero-order valence-electron chi connectivity index (χ0n) is 19.2. The van der Waals surface area contributed by atoms with Crippen LogP contribution in [-0.4, -0.2) is 44.0 Å². The monoisotopic (exact) mass is 484 g/mol. The van der Waals surface area contributed by atoms with Crippen molar-refractivity contribution >= 4 is 5.91 Å². The van der Waals surface area contributed by atoms with E-state index in [1.54, 1.807) is 0 Å². The summed E-state index contributed by atoms with van der Waals surface area (Å²) in [6.07, 6.45) is -0.563. The molecule has 0 spiro atoms. The fourth-order valence-electron chi connectivity index (χ4n) is 5.72. The number of amides is 1. The van der Waals surface area contributed by atoms with Gasteiger partial charge in [0.05, 0.1) is 6.33 Å². The Hall–Kier alpha value is -2.13. The second kappa shape index (κ2) is 9.49. The first kappa shape index (κ1) is 25.0. The van der Waals surface area contributed by atoms with Crippen LogP contribution in [0.5, 0.6) is 5.75 Å². The van der Waals surface area contributed by atoms with Crippen molar-refractivity contribution in [3.8, 4) is 5.75 Å². The maximum atomic E-state index is 13.9. The number of fused-ring (bicyclic) bond motifs is 3. The Kier molecular flexibility index (Phi) is 6.97. The van der Waals surface area contributed by atoms with E-state index in [9.17, 15) is 22.4 Å². The lowest BCUT2D eigenvalue weighted by molar-refractivity contribution is -0.219. The van der Waals surface area contributed by atoms with Crippen LogP contribution >= 0.6 is 0 Å². The zero-order chi connectivity index (χ0) is 24.5. The van der Waals surface area contributed by atoms with Gasteiger partial charge >= 0.3 is 6.18 Å². The molecule has 1 aromatic carbocycles. The third-order valence-corrected chi connectivity index (χ3v) is 8.28. The van der Waals surface area contributed by atoms with Crippen molar-refractivity contribution in [2.45, 2.75) is 68.5 Å². The SMILES string of the molecule is NCC(=CF)COc1ccc(C23CCC(C(=O)NC4(C(F)(F)F)CCOCC4)(CC2)CC3)cc1. The van der Waals surface area contributed by atoms with Crippen LogP contribution in [0.2, 0.25) is 0 Å². The maximum Gasteiger partial charge on any atom is 0.411 e. The van der Waals surface area contributed by atoms with Crippen molar-refractivity contribution in [3.63, 3.8) is 0 Å². The Bertz CT molecular complexity index is 883. The van der Waals surface area contributed by atoms with Crippen LogP contribution in [0.15, 0.2) is 36.2 Å². The number of carbonyl (C=O) groups excluding carboxylic acids is 1. The highest BCUT2D eigenvalue weighted by atomic mass is 19.4. The number of ether oxygens (including phenoxy) is 2. The van der Waals surface area contributed by atoms with Crippen molar-refractivity contribution in [3.05, 3.63) is 41.7 Å². The van der Waals surface area contributed by atoms with Crippen LogP contribution in [0.4, 0.5) is 17.6 Å². The molecule has 4 fully saturated rings. The van der Waals surface area contributed by atoms with Gasteiger partial charge in [0.2, 0.25) is 5.91 Å². The molecule has 5 nitrogen and oxygen atoms in total. The fraction of sp³-hybridized carbons (Fsp3) is 0.640. The maximum absolute atomic E-state index is 13.9. The lowest BCUT2D eigenvalue weighted by Crippen LogP contribution is -2.65. The average Bonchev–Trinajstić information content (AvgIpc) is 2.86. The van der Waals surface area contributed by atoms with E-state index in [0.29, 0.717) is 36.9 Å². The Morgan fingerprint density at radius 2 is 1.62 bits per heavy atom. The second-order valence-electron chi connectivity index (χ2n) is 9.99. The highest BCUT2D eigenvalue weighted by molar-refractivity contribution is 5.84. The largest absolute Gasteiger partial charge is 0.489 e. The minimum atomic E-state index is -4.51. The molecule has 1 aliphatic heterocycles. The molecule has 0 unspecified atom stereocenters. The van der Waals surface area contributed by atoms with Crippen molar-refractivity contribution in [1.82, 2.24) is 5.32 Å². The van der Waals surface area contributed by atoms with E-state index in [2.05, 4.69) is 5.32 Å². The van der Waals surface area contributed by atoms with E-state index >= 15 is 0 Å².